The van der Waals surface area contributed by atoms with E-state index in [0.717, 1.165) is 21.4 Å². The van der Waals surface area contributed by atoms with Gasteiger partial charge in [-0.15, -0.1) is 0 Å². The number of fused-ring (bicyclic) bond motifs is 4. The van der Waals surface area contributed by atoms with E-state index in [2.05, 4.69) is 0 Å². The van der Waals surface area contributed by atoms with E-state index in [9.17, 15) is 28.4 Å². The van der Waals surface area contributed by atoms with E-state index in [1.54, 1.807) is 31.2 Å². The van der Waals surface area contributed by atoms with Crippen molar-refractivity contribution >= 4 is 46.9 Å². The number of hydrogen-bond acceptors (Lipinski definition) is 7. The Morgan fingerprint density at radius 2 is 1.80 bits per heavy atom. The predicted octanol–water partition coefficient (Wildman–Crippen LogP) is 3.95. The summed E-state index contributed by atoms with van der Waals surface area (Å²) >= 11 is 6.04. The summed E-state index contributed by atoms with van der Waals surface area (Å²) in [6.07, 6.45) is 2.29. The van der Waals surface area contributed by atoms with Crippen LogP contribution in [0, 0.1) is 34.9 Å². The first-order chi connectivity index (χ1) is 21.5. The highest BCUT2D eigenvalue weighted by atomic mass is 35.5. The standard InChI is InChI=1S/C33H32ClFN2O8/c1-33-23(30(42)37(32(33)44)18-6-11-25(35)24(34)15-18)16-22-20(28(33)17-4-7-19(8-5-17)45-14-13-38)9-10-21-27(22)31(43)36(29(21)41)12-2-3-26(39)40/h4-9,11,15,21-23,27-28,38H,2-3,10,12-14,16H2,1H3,(H,39,40)/t21-,22+,23-,27-,28-,33+/m0/s1. The van der Waals surface area contributed by atoms with Crippen LogP contribution in [0.15, 0.2) is 54.1 Å². The van der Waals surface area contributed by atoms with Gasteiger partial charge in [-0.05, 0) is 68.0 Å². The van der Waals surface area contributed by atoms with Gasteiger partial charge in [0.25, 0.3) is 0 Å². The molecule has 0 radical (unpaired) electrons. The minimum atomic E-state index is -1.28. The molecule has 3 fully saturated rings. The van der Waals surface area contributed by atoms with Crippen LogP contribution in [0.1, 0.15) is 44.1 Å². The van der Waals surface area contributed by atoms with E-state index in [0.29, 0.717) is 11.3 Å². The van der Waals surface area contributed by atoms with Gasteiger partial charge >= 0.3 is 5.97 Å². The van der Waals surface area contributed by atoms with Crippen molar-refractivity contribution < 1.29 is 43.3 Å². The highest BCUT2D eigenvalue weighted by molar-refractivity contribution is 6.31. The van der Waals surface area contributed by atoms with E-state index in [4.69, 9.17) is 26.6 Å². The second-order valence-electron chi connectivity index (χ2n) is 12.2. The fraction of sp³-hybridized carbons (Fsp3) is 0.424. The van der Waals surface area contributed by atoms with E-state index < -0.39 is 58.6 Å². The van der Waals surface area contributed by atoms with Crippen molar-refractivity contribution in [2.45, 2.75) is 38.5 Å². The molecular weight excluding hydrogens is 607 g/mol. The molecule has 45 heavy (non-hydrogen) atoms. The van der Waals surface area contributed by atoms with Crippen LogP contribution >= 0.6 is 11.6 Å². The lowest BCUT2D eigenvalue weighted by Gasteiger charge is -2.49. The van der Waals surface area contributed by atoms with Crippen molar-refractivity contribution in [2.75, 3.05) is 24.7 Å². The molecule has 4 amide bonds. The van der Waals surface area contributed by atoms with Gasteiger partial charge in [-0.25, -0.2) is 9.29 Å². The molecular formula is C33H32ClFN2O8. The summed E-state index contributed by atoms with van der Waals surface area (Å²) in [5, 5.41) is 18.0. The van der Waals surface area contributed by atoms with Gasteiger partial charge in [0.1, 0.15) is 18.2 Å². The number of aliphatic hydroxyl groups excluding tert-OH is 1. The van der Waals surface area contributed by atoms with E-state index in [-0.39, 0.29) is 68.0 Å². The molecule has 0 aromatic heterocycles. The van der Waals surface area contributed by atoms with Crippen molar-refractivity contribution in [2.24, 2.45) is 29.1 Å². The molecule has 0 bridgehead atoms. The second kappa shape index (κ2) is 11.7. The molecule has 6 atom stereocenters. The number of carboxylic acids is 1. The molecule has 4 aliphatic rings. The number of hydrogen-bond donors (Lipinski definition) is 2. The Morgan fingerprint density at radius 3 is 2.47 bits per heavy atom. The Bertz CT molecular complexity index is 1630. The fourth-order valence-corrected chi connectivity index (χ4v) is 8.03. The number of carboxylic acid groups (broad SMARTS) is 1. The van der Waals surface area contributed by atoms with Gasteiger partial charge < -0.3 is 14.9 Å². The Hall–Kier alpha value is -4.09. The first kappa shape index (κ1) is 30.9. The smallest absolute Gasteiger partial charge is 0.303 e. The van der Waals surface area contributed by atoms with Gasteiger partial charge in [-0.3, -0.25) is 28.9 Å². The van der Waals surface area contributed by atoms with Crippen molar-refractivity contribution in [3.8, 4) is 5.75 Å². The fourth-order valence-electron chi connectivity index (χ4n) is 7.86. The second-order valence-corrected chi connectivity index (χ2v) is 12.6. The number of aliphatic carboxylic acids is 1. The molecule has 2 aliphatic heterocycles. The number of carbonyl (C=O) groups is 5. The zero-order valence-corrected chi connectivity index (χ0v) is 25.2. The number of likely N-dealkylation sites (tertiary alicyclic amines) is 1. The number of halogens is 2. The number of nitrogens with zero attached hydrogens (tertiary/aromatic N) is 2. The molecule has 236 valence electrons. The van der Waals surface area contributed by atoms with Crippen molar-refractivity contribution in [3.63, 3.8) is 0 Å². The van der Waals surface area contributed by atoms with E-state index in [1.807, 2.05) is 6.08 Å². The summed E-state index contributed by atoms with van der Waals surface area (Å²) in [7, 11) is 0. The van der Waals surface area contributed by atoms with Gasteiger partial charge in [0.15, 0.2) is 0 Å². The molecule has 1 saturated carbocycles. The van der Waals surface area contributed by atoms with Crippen LogP contribution in [0.25, 0.3) is 0 Å². The maximum absolute atomic E-state index is 14.4. The summed E-state index contributed by atoms with van der Waals surface area (Å²) in [5.74, 6) is -6.34. The number of rotatable bonds is 9. The minimum Gasteiger partial charge on any atom is -0.491 e. The molecule has 2 aromatic carbocycles. The first-order valence-electron chi connectivity index (χ1n) is 14.9. The first-order valence-corrected chi connectivity index (χ1v) is 15.3. The summed E-state index contributed by atoms with van der Waals surface area (Å²) < 4.78 is 19.6. The number of anilines is 1. The van der Waals surface area contributed by atoms with Gasteiger partial charge in [-0.1, -0.05) is 35.4 Å². The molecule has 10 nitrogen and oxygen atoms in total. The van der Waals surface area contributed by atoms with E-state index >= 15 is 0 Å². The molecule has 2 N–H and O–H groups in total. The normalized spacial score (nSPS) is 29.0. The minimum absolute atomic E-state index is 0.00455. The van der Waals surface area contributed by atoms with Crippen LogP contribution in [0.4, 0.5) is 10.1 Å². The molecule has 2 aliphatic carbocycles. The van der Waals surface area contributed by atoms with Gasteiger partial charge in [0.05, 0.1) is 40.5 Å². The summed E-state index contributed by atoms with van der Waals surface area (Å²) in [4.78, 5) is 69.1. The summed E-state index contributed by atoms with van der Waals surface area (Å²) in [6.45, 7) is 1.67. The predicted molar refractivity (Wildman–Crippen MR) is 159 cm³/mol. The molecule has 2 saturated heterocycles. The van der Waals surface area contributed by atoms with Crippen LogP contribution in [0.3, 0.4) is 0 Å². The largest absolute Gasteiger partial charge is 0.491 e. The van der Waals surface area contributed by atoms with Crippen molar-refractivity contribution in [1.29, 1.82) is 0 Å². The van der Waals surface area contributed by atoms with Crippen LogP contribution in [-0.2, 0) is 24.0 Å². The number of imide groups is 2. The number of carbonyl (C=O) groups excluding carboxylic acids is 4. The maximum atomic E-state index is 14.4. The van der Waals surface area contributed by atoms with E-state index in [1.165, 1.54) is 12.1 Å². The van der Waals surface area contributed by atoms with Gasteiger partial charge in [0, 0.05) is 18.9 Å². The third-order valence-electron chi connectivity index (χ3n) is 9.87. The molecule has 2 heterocycles. The Labute approximate surface area is 263 Å². The lowest BCUT2D eigenvalue weighted by molar-refractivity contribution is -0.142. The van der Waals surface area contributed by atoms with Crippen LogP contribution in [0.5, 0.6) is 5.75 Å². The zero-order chi connectivity index (χ0) is 32.2. The highest BCUT2D eigenvalue weighted by Crippen LogP contribution is 2.63. The SMILES string of the molecule is C[C@@]12C(=O)N(c3ccc(F)c(Cl)c3)C(=O)[C@@H]1C[C@@H]1C(=CC[C@@H]3C(=O)N(CCCC(=O)O)C(=O)[C@@H]31)[C@@H]2c1ccc(OCCO)cc1. The number of aliphatic hydroxyl groups is 1. The Balaban J connectivity index is 1.43. The van der Waals surface area contributed by atoms with Crippen LogP contribution < -0.4 is 9.64 Å². The monoisotopic (exact) mass is 638 g/mol. The Kier molecular flexibility index (Phi) is 8.03. The lowest BCUT2D eigenvalue weighted by Crippen LogP contribution is -2.48. The number of ether oxygens (including phenoxy) is 1. The van der Waals surface area contributed by atoms with Crippen LogP contribution in [0.2, 0.25) is 5.02 Å². The molecule has 2 aromatic rings. The summed E-state index contributed by atoms with van der Waals surface area (Å²) in [6, 6.07) is 10.7. The molecule has 0 unspecified atom stereocenters. The van der Waals surface area contributed by atoms with Gasteiger partial charge in [0.2, 0.25) is 23.6 Å². The molecule has 0 spiro atoms. The third kappa shape index (κ3) is 4.93. The van der Waals surface area contributed by atoms with Crippen LogP contribution in [-0.4, -0.2) is 64.5 Å². The van der Waals surface area contributed by atoms with Crippen molar-refractivity contribution in [3.05, 3.63) is 70.5 Å². The third-order valence-corrected chi connectivity index (χ3v) is 10.2. The molecule has 6 rings (SSSR count). The van der Waals surface area contributed by atoms with Crippen molar-refractivity contribution in [1.82, 2.24) is 4.90 Å². The number of benzene rings is 2. The quantitative estimate of drug-likeness (QED) is 0.311. The highest BCUT2D eigenvalue weighted by Gasteiger charge is 2.67. The average Bonchev–Trinajstić information content (AvgIpc) is 3.37. The number of allylic oxidation sites excluding steroid dienone is 2. The number of amides is 4. The summed E-state index contributed by atoms with van der Waals surface area (Å²) in [5.41, 5.74) is 0.370. The zero-order valence-electron chi connectivity index (χ0n) is 24.4. The average molecular weight is 639 g/mol. The molecule has 12 heteroatoms. The Morgan fingerprint density at radius 1 is 1.07 bits per heavy atom. The lowest BCUT2D eigenvalue weighted by atomic mass is 9.51. The maximum Gasteiger partial charge on any atom is 0.303 e. The van der Waals surface area contributed by atoms with Gasteiger partial charge in [-0.2, -0.15) is 0 Å². The topological polar surface area (TPSA) is 142 Å².